The van der Waals surface area contributed by atoms with E-state index in [0.717, 1.165) is 9.25 Å². The molecule has 1 saturated heterocycles. The van der Waals surface area contributed by atoms with Crippen LogP contribution in [0.4, 0.5) is 0 Å². The molecular formula is C21H20N6O7S. The van der Waals surface area contributed by atoms with Gasteiger partial charge in [-0.05, 0) is 36.4 Å². The zero-order valence-corrected chi connectivity index (χ0v) is 19.6. The van der Waals surface area contributed by atoms with Gasteiger partial charge < -0.3 is 14.4 Å². The van der Waals surface area contributed by atoms with Crippen molar-refractivity contribution in [3.63, 3.8) is 0 Å². The minimum absolute atomic E-state index is 0.0748. The van der Waals surface area contributed by atoms with E-state index in [1.165, 1.54) is 36.6 Å². The van der Waals surface area contributed by atoms with Crippen molar-refractivity contribution in [2.45, 2.75) is 4.90 Å². The van der Waals surface area contributed by atoms with Gasteiger partial charge in [-0.15, -0.1) is 0 Å². The number of aryl methyl sites for hydroxylation is 1. The Balaban J connectivity index is 1.50. The summed E-state index contributed by atoms with van der Waals surface area (Å²) < 4.78 is 40.2. The van der Waals surface area contributed by atoms with E-state index in [-0.39, 0.29) is 32.7 Å². The van der Waals surface area contributed by atoms with Crippen LogP contribution in [0.1, 0.15) is 0 Å². The van der Waals surface area contributed by atoms with Crippen LogP contribution in [0.5, 0.6) is 0 Å². The molecule has 0 bridgehead atoms. The Morgan fingerprint density at radius 1 is 1.00 bits per heavy atom. The van der Waals surface area contributed by atoms with Crippen molar-refractivity contribution in [2.75, 3.05) is 26.3 Å². The summed E-state index contributed by atoms with van der Waals surface area (Å²) in [5.41, 5.74) is -1.38. The molecule has 0 saturated carbocycles. The van der Waals surface area contributed by atoms with Crippen LogP contribution in [0.15, 0.2) is 55.3 Å². The number of furan rings is 1. The van der Waals surface area contributed by atoms with Gasteiger partial charge in [0.05, 0.1) is 30.3 Å². The van der Waals surface area contributed by atoms with Crippen LogP contribution in [0, 0.1) is 5.21 Å². The number of hydrogen-bond acceptors (Lipinski definition) is 9. The van der Waals surface area contributed by atoms with Gasteiger partial charge >= 0.3 is 17.1 Å². The van der Waals surface area contributed by atoms with Crippen LogP contribution in [0.25, 0.3) is 34.4 Å². The van der Waals surface area contributed by atoms with Gasteiger partial charge in [-0.2, -0.15) is 14.0 Å². The lowest BCUT2D eigenvalue weighted by atomic mass is 10.2. The molecule has 0 amide bonds. The van der Waals surface area contributed by atoms with Crippen molar-refractivity contribution in [1.82, 2.24) is 23.6 Å². The highest BCUT2D eigenvalue weighted by molar-refractivity contribution is 7.89. The van der Waals surface area contributed by atoms with Gasteiger partial charge in [-0.1, -0.05) is 0 Å². The molecule has 2 aromatic rings. The molecule has 3 aliphatic heterocycles. The van der Waals surface area contributed by atoms with Crippen LogP contribution in [-0.2, 0) is 28.9 Å². The minimum Gasteiger partial charge on any atom is -0.710 e. The third kappa shape index (κ3) is 3.80. The van der Waals surface area contributed by atoms with Crippen molar-refractivity contribution in [3.8, 4) is 34.4 Å². The summed E-state index contributed by atoms with van der Waals surface area (Å²) in [6, 6.07) is 9.29. The van der Waals surface area contributed by atoms with Crippen molar-refractivity contribution in [2.24, 2.45) is 14.1 Å². The number of fused-ring (bicyclic) bond motifs is 1. The number of hydrogen-bond donors (Lipinski definition) is 0. The fourth-order valence-electron chi connectivity index (χ4n) is 3.79. The van der Waals surface area contributed by atoms with E-state index >= 15 is 0 Å². The molecule has 182 valence electrons. The molecule has 5 rings (SSSR count). The maximum atomic E-state index is 13.0. The summed E-state index contributed by atoms with van der Waals surface area (Å²) in [6.45, 7) is 1.30. The molecule has 0 spiro atoms. The van der Waals surface area contributed by atoms with Crippen LogP contribution < -0.4 is 16.0 Å². The summed E-state index contributed by atoms with van der Waals surface area (Å²) in [5, 5.41) is 17.1. The van der Waals surface area contributed by atoms with Crippen LogP contribution in [-0.4, -0.2) is 58.4 Å². The first-order valence-corrected chi connectivity index (χ1v) is 12.0. The molecule has 0 radical (unpaired) electrons. The van der Waals surface area contributed by atoms with Crippen molar-refractivity contribution in [1.29, 1.82) is 0 Å². The summed E-state index contributed by atoms with van der Waals surface area (Å²) in [6.07, 6.45) is 0. The monoisotopic (exact) mass is 500 g/mol. The van der Waals surface area contributed by atoms with Gasteiger partial charge in [0.25, 0.3) is 0 Å². The summed E-state index contributed by atoms with van der Waals surface area (Å²) in [5.74, 6) is 0.0857. The highest BCUT2D eigenvalue weighted by Crippen LogP contribution is 2.28. The smallest absolute Gasteiger partial charge is 0.394 e. The predicted molar refractivity (Wildman–Crippen MR) is 121 cm³/mol. The van der Waals surface area contributed by atoms with Crippen molar-refractivity contribution >= 4 is 10.0 Å². The highest BCUT2D eigenvalue weighted by Gasteiger charge is 2.30. The lowest BCUT2D eigenvalue weighted by molar-refractivity contribution is -0.588. The molecule has 14 heteroatoms. The number of benzene rings is 1. The van der Waals surface area contributed by atoms with Crippen LogP contribution in [0.3, 0.4) is 0 Å². The molecule has 0 unspecified atom stereocenters. The lowest BCUT2D eigenvalue weighted by Gasteiger charge is -2.26. The molecule has 0 aliphatic carbocycles. The van der Waals surface area contributed by atoms with E-state index in [9.17, 15) is 23.2 Å². The molecule has 4 heterocycles. The zero-order chi connectivity index (χ0) is 24.9. The summed E-state index contributed by atoms with van der Waals surface area (Å²) in [7, 11) is -0.954. The molecule has 1 aromatic heterocycles. The lowest BCUT2D eigenvalue weighted by Crippen LogP contribution is -2.47. The van der Waals surface area contributed by atoms with E-state index in [4.69, 9.17) is 9.15 Å². The highest BCUT2D eigenvalue weighted by atomic mass is 32.2. The Morgan fingerprint density at radius 2 is 1.66 bits per heavy atom. The second-order valence-electron chi connectivity index (χ2n) is 7.88. The Bertz CT molecular complexity index is 1620. The normalized spacial score (nSPS) is 15.0. The second kappa shape index (κ2) is 8.41. The predicted octanol–water partition coefficient (Wildman–Crippen LogP) is -0.440. The Kier molecular flexibility index (Phi) is 5.50. The van der Waals surface area contributed by atoms with Gasteiger partial charge in [-0.25, -0.2) is 17.9 Å². The van der Waals surface area contributed by atoms with E-state index in [0.29, 0.717) is 37.6 Å². The average molecular weight is 500 g/mol. The van der Waals surface area contributed by atoms with Gasteiger partial charge in [0.2, 0.25) is 27.3 Å². The molecule has 13 nitrogen and oxygen atoms in total. The average Bonchev–Trinajstić information content (AvgIpc) is 3.35. The van der Waals surface area contributed by atoms with Gasteiger partial charge in [0.1, 0.15) is 5.76 Å². The number of morpholine rings is 1. The maximum absolute atomic E-state index is 13.0. The quantitative estimate of drug-likeness (QED) is 0.268. The fraction of sp³-hybridized carbons (Fsp3) is 0.286. The first kappa shape index (κ1) is 22.9. The van der Waals surface area contributed by atoms with Crippen molar-refractivity contribution in [3.05, 3.63) is 62.4 Å². The Hall–Kier alpha value is -3.88. The van der Waals surface area contributed by atoms with E-state index < -0.39 is 21.3 Å². The van der Waals surface area contributed by atoms with Gasteiger partial charge in [0, 0.05) is 25.7 Å². The number of rotatable bonds is 4. The molecule has 35 heavy (non-hydrogen) atoms. The molecule has 1 fully saturated rings. The summed E-state index contributed by atoms with van der Waals surface area (Å²) >= 11 is 0. The van der Waals surface area contributed by atoms with E-state index in [1.54, 1.807) is 18.2 Å². The number of ether oxygens (including phenoxy) is 1. The van der Waals surface area contributed by atoms with Crippen LogP contribution >= 0.6 is 0 Å². The number of sulfonamides is 1. The first-order chi connectivity index (χ1) is 16.7. The largest absolute Gasteiger partial charge is 0.710 e. The molecule has 0 atom stereocenters. The number of aromatic nitrogens is 5. The first-order valence-electron chi connectivity index (χ1n) is 10.5. The fourth-order valence-corrected chi connectivity index (χ4v) is 5.20. The third-order valence-electron chi connectivity index (χ3n) is 5.73. The standard InChI is InChI=1S/C21H20N6O7S/c1-24-20(28)17-19(22-21(24)29)25(2)23-18(27(17)30)16-8-7-15(34-16)13-3-5-14(6-4-13)35(31,32)26-9-11-33-12-10-26/h3-8H,9-12H2,1-2H3. The van der Waals surface area contributed by atoms with E-state index in [2.05, 4.69) is 10.1 Å². The SMILES string of the molecule is Cn1nc(-c2ccc(-c3ccc(S(=O)(=O)N4CCOCC4)cc3)o2)[n+]([O-])c2c(=O)n(C)c(=O)nc1-2. The molecule has 3 aliphatic rings. The van der Waals surface area contributed by atoms with Crippen molar-refractivity contribution < 1.29 is 22.3 Å². The van der Waals surface area contributed by atoms with Gasteiger partial charge in [0.15, 0.2) is 0 Å². The summed E-state index contributed by atoms with van der Waals surface area (Å²) in [4.78, 5) is 28.3. The molecule has 1 aromatic carbocycles. The zero-order valence-electron chi connectivity index (χ0n) is 18.7. The Labute approximate surface area is 198 Å². The van der Waals surface area contributed by atoms with Gasteiger partial charge in [-0.3, -0.25) is 9.36 Å². The van der Waals surface area contributed by atoms with Crippen LogP contribution in [0.2, 0.25) is 0 Å². The minimum atomic E-state index is -3.64. The third-order valence-corrected chi connectivity index (χ3v) is 7.64. The number of nitrogens with zero attached hydrogens (tertiary/aromatic N) is 6. The molecular weight excluding hydrogens is 480 g/mol. The molecule has 0 N–H and O–H groups in total. The topological polar surface area (TPSA) is 156 Å². The second-order valence-corrected chi connectivity index (χ2v) is 9.82. The Morgan fingerprint density at radius 3 is 2.34 bits per heavy atom. The van der Waals surface area contributed by atoms with E-state index in [1.807, 2.05) is 0 Å². The maximum Gasteiger partial charge on any atom is 0.394 e.